The summed E-state index contributed by atoms with van der Waals surface area (Å²) in [5.41, 5.74) is 0. The predicted octanol–water partition coefficient (Wildman–Crippen LogP) is 1.83. The van der Waals surface area contributed by atoms with Crippen molar-refractivity contribution >= 4 is 23.4 Å². The summed E-state index contributed by atoms with van der Waals surface area (Å²) in [6.07, 6.45) is 1.46. The van der Waals surface area contributed by atoms with Gasteiger partial charge in [-0.3, -0.25) is 4.79 Å². The van der Waals surface area contributed by atoms with Crippen LogP contribution in [-0.4, -0.2) is 40.7 Å². The molecule has 0 saturated heterocycles. The first-order chi connectivity index (χ1) is 8.45. The van der Waals surface area contributed by atoms with Crippen molar-refractivity contribution in [3.63, 3.8) is 0 Å². The summed E-state index contributed by atoms with van der Waals surface area (Å²) >= 11 is 6.04. The van der Waals surface area contributed by atoms with Gasteiger partial charge in [-0.2, -0.15) is 4.98 Å². The molecule has 1 rings (SSSR count). The Morgan fingerprint density at radius 3 is 2.78 bits per heavy atom. The molecule has 0 aliphatic rings. The van der Waals surface area contributed by atoms with Gasteiger partial charge < -0.3 is 14.7 Å². The molecule has 0 spiro atoms. The summed E-state index contributed by atoms with van der Waals surface area (Å²) in [6, 6.07) is 0.275. The molecular weight excluding hydrogens is 258 g/mol. The van der Waals surface area contributed by atoms with Crippen LogP contribution >= 0.6 is 11.6 Å². The molecule has 0 fully saturated rings. The van der Waals surface area contributed by atoms with E-state index in [1.165, 1.54) is 13.3 Å². The number of hydrogen-bond acceptors (Lipinski definition) is 5. The van der Waals surface area contributed by atoms with E-state index in [0.29, 0.717) is 17.4 Å². The second-order valence-electron chi connectivity index (χ2n) is 3.96. The highest BCUT2D eigenvalue weighted by molar-refractivity contribution is 6.32. The van der Waals surface area contributed by atoms with Gasteiger partial charge in [0.05, 0.1) is 19.7 Å². The summed E-state index contributed by atoms with van der Waals surface area (Å²) in [5.74, 6) is -0.377. The van der Waals surface area contributed by atoms with E-state index >= 15 is 0 Å². The first-order valence-corrected chi connectivity index (χ1v) is 5.88. The molecule has 100 valence electrons. The minimum Gasteiger partial charge on any atom is -0.481 e. The molecule has 0 aliphatic heterocycles. The highest BCUT2D eigenvalue weighted by Gasteiger charge is 2.18. The fourth-order valence-electron chi connectivity index (χ4n) is 1.47. The Labute approximate surface area is 111 Å². The van der Waals surface area contributed by atoms with Crippen LogP contribution in [-0.2, 0) is 4.79 Å². The standard InChI is InChI=1S/C11H16ClN3O3/c1-7(2)15(5-4-9(16)17)10-8(12)6-13-11(14-10)18-3/h6-7H,4-5H2,1-3H3,(H,16,17). The molecule has 7 heteroatoms. The zero-order valence-corrected chi connectivity index (χ0v) is 11.3. The maximum Gasteiger partial charge on any atom is 0.318 e. The highest BCUT2D eigenvalue weighted by Crippen LogP contribution is 2.26. The van der Waals surface area contributed by atoms with Crippen molar-refractivity contribution in [2.24, 2.45) is 0 Å². The molecule has 6 nitrogen and oxygen atoms in total. The fourth-order valence-corrected chi connectivity index (χ4v) is 1.67. The maximum absolute atomic E-state index is 10.6. The van der Waals surface area contributed by atoms with E-state index in [1.807, 2.05) is 13.8 Å². The Kier molecular flexibility index (Phi) is 5.15. The lowest BCUT2D eigenvalue weighted by Crippen LogP contribution is -2.34. The largest absolute Gasteiger partial charge is 0.481 e. The number of aliphatic carboxylic acids is 1. The lowest BCUT2D eigenvalue weighted by atomic mass is 10.3. The summed E-state index contributed by atoms with van der Waals surface area (Å²) in [7, 11) is 1.46. The second kappa shape index (κ2) is 6.39. The van der Waals surface area contributed by atoms with Gasteiger partial charge in [0.2, 0.25) is 0 Å². The van der Waals surface area contributed by atoms with Crippen molar-refractivity contribution in [1.82, 2.24) is 9.97 Å². The number of aromatic nitrogens is 2. The average molecular weight is 274 g/mol. The van der Waals surface area contributed by atoms with Gasteiger partial charge in [-0.05, 0) is 13.8 Å². The molecule has 0 aliphatic carbocycles. The summed E-state index contributed by atoms with van der Waals surface area (Å²) < 4.78 is 4.94. The van der Waals surface area contributed by atoms with Crippen molar-refractivity contribution in [3.8, 4) is 6.01 Å². The number of nitrogens with zero attached hydrogens (tertiary/aromatic N) is 3. The molecule has 1 N–H and O–H groups in total. The molecule has 0 aromatic carbocycles. The predicted molar refractivity (Wildman–Crippen MR) is 68.3 cm³/mol. The van der Waals surface area contributed by atoms with E-state index in [0.717, 1.165) is 0 Å². The molecule has 0 radical (unpaired) electrons. The van der Waals surface area contributed by atoms with E-state index in [-0.39, 0.29) is 18.5 Å². The van der Waals surface area contributed by atoms with Crippen molar-refractivity contribution < 1.29 is 14.6 Å². The van der Waals surface area contributed by atoms with Crippen molar-refractivity contribution in [3.05, 3.63) is 11.2 Å². The number of methoxy groups -OCH3 is 1. The second-order valence-corrected chi connectivity index (χ2v) is 4.37. The fraction of sp³-hybridized carbons (Fsp3) is 0.545. The number of hydrogen-bond donors (Lipinski definition) is 1. The third-order valence-corrected chi connectivity index (χ3v) is 2.61. The first-order valence-electron chi connectivity index (χ1n) is 5.50. The number of carboxylic acids is 1. The number of anilines is 1. The quantitative estimate of drug-likeness (QED) is 0.852. The monoisotopic (exact) mass is 273 g/mol. The van der Waals surface area contributed by atoms with Gasteiger partial charge in [-0.15, -0.1) is 0 Å². The molecule has 0 unspecified atom stereocenters. The molecule has 1 heterocycles. The topological polar surface area (TPSA) is 75.5 Å². The lowest BCUT2D eigenvalue weighted by molar-refractivity contribution is -0.136. The summed E-state index contributed by atoms with van der Waals surface area (Å²) in [5, 5.41) is 9.11. The van der Waals surface area contributed by atoms with Crippen molar-refractivity contribution in [2.45, 2.75) is 26.3 Å². The molecule has 0 saturated carbocycles. The number of carbonyl (C=O) groups is 1. The van der Waals surface area contributed by atoms with Crippen molar-refractivity contribution in [2.75, 3.05) is 18.6 Å². The molecular formula is C11H16ClN3O3. The van der Waals surface area contributed by atoms with Crippen LogP contribution in [0.15, 0.2) is 6.20 Å². The average Bonchev–Trinajstić information content (AvgIpc) is 2.30. The van der Waals surface area contributed by atoms with E-state index in [4.69, 9.17) is 21.4 Å². The van der Waals surface area contributed by atoms with Gasteiger partial charge in [0.1, 0.15) is 5.02 Å². The Hall–Kier alpha value is -1.56. The van der Waals surface area contributed by atoms with Crippen LogP contribution in [0.2, 0.25) is 5.02 Å². The third kappa shape index (κ3) is 3.73. The minimum absolute atomic E-state index is 0.0147. The van der Waals surface area contributed by atoms with E-state index in [2.05, 4.69) is 9.97 Å². The van der Waals surface area contributed by atoms with Gasteiger partial charge in [0.15, 0.2) is 5.82 Å². The maximum atomic E-state index is 10.6. The molecule has 1 aromatic rings. The van der Waals surface area contributed by atoms with Crippen molar-refractivity contribution in [1.29, 1.82) is 0 Å². The Morgan fingerprint density at radius 1 is 1.61 bits per heavy atom. The molecule has 0 bridgehead atoms. The number of carboxylic acid groups (broad SMARTS) is 1. The summed E-state index contributed by atoms with van der Waals surface area (Å²) in [6.45, 7) is 4.20. The van der Waals surface area contributed by atoms with Crippen LogP contribution in [0, 0.1) is 0 Å². The van der Waals surface area contributed by atoms with E-state index in [1.54, 1.807) is 4.90 Å². The highest BCUT2D eigenvalue weighted by atomic mass is 35.5. The van der Waals surface area contributed by atoms with Gasteiger partial charge in [0.25, 0.3) is 0 Å². The van der Waals surface area contributed by atoms with Crippen LogP contribution in [0.4, 0.5) is 5.82 Å². The van der Waals surface area contributed by atoms with Gasteiger partial charge in [0, 0.05) is 12.6 Å². The van der Waals surface area contributed by atoms with Crippen LogP contribution in [0.25, 0.3) is 0 Å². The van der Waals surface area contributed by atoms with Gasteiger partial charge in [-0.1, -0.05) is 11.6 Å². The lowest BCUT2D eigenvalue weighted by Gasteiger charge is -2.27. The van der Waals surface area contributed by atoms with Crippen LogP contribution in [0.1, 0.15) is 20.3 Å². The van der Waals surface area contributed by atoms with Crippen LogP contribution in [0.5, 0.6) is 6.01 Å². The number of rotatable bonds is 6. The number of ether oxygens (including phenoxy) is 1. The zero-order chi connectivity index (χ0) is 13.7. The van der Waals surface area contributed by atoms with Crippen LogP contribution < -0.4 is 9.64 Å². The van der Waals surface area contributed by atoms with E-state index in [9.17, 15) is 4.79 Å². The smallest absolute Gasteiger partial charge is 0.318 e. The molecule has 18 heavy (non-hydrogen) atoms. The Balaban J connectivity index is 3.00. The molecule has 0 atom stereocenters. The molecule has 0 amide bonds. The Morgan fingerprint density at radius 2 is 2.28 bits per heavy atom. The Bertz CT molecular complexity index is 426. The normalized spacial score (nSPS) is 10.5. The molecule has 1 aromatic heterocycles. The van der Waals surface area contributed by atoms with Gasteiger partial charge >= 0.3 is 12.0 Å². The number of halogens is 1. The SMILES string of the molecule is COc1ncc(Cl)c(N(CCC(=O)O)C(C)C)n1. The van der Waals surface area contributed by atoms with Gasteiger partial charge in [-0.25, -0.2) is 4.98 Å². The summed E-state index contributed by atoms with van der Waals surface area (Å²) in [4.78, 5) is 20.5. The minimum atomic E-state index is -0.863. The van der Waals surface area contributed by atoms with Crippen LogP contribution in [0.3, 0.4) is 0 Å². The third-order valence-electron chi connectivity index (χ3n) is 2.35. The van der Waals surface area contributed by atoms with E-state index < -0.39 is 5.97 Å². The first kappa shape index (κ1) is 14.5. The zero-order valence-electron chi connectivity index (χ0n) is 10.6.